The van der Waals surface area contributed by atoms with Crippen molar-refractivity contribution in [3.8, 4) is 0 Å². The number of hydrogen-bond donors (Lipinski definition) is 3. The average molecular weight is 174 g/mol. The standard InChI is InChI=1S/2C3H5NO.CH4O/c2*1-2-3(4)5;1-2/h2*2H,1H2,(H2,4,5);2H,1H3. The Bertz CT molecular complexity index is 137. The molecule has 0 aromatic rings. The lowest BCUT2D eigenvalue weighted by molar-refractivity contribution is -0.114. The van der Waals surface area contributed by atoms with Gasteiger partial charge in [0.15, 0.2) is 0 Å². The summed E-state index contributed by atoms with van der Waals surface area (Å²) in [5.74, 6) is -0.963. The van der Waals surface area contributed by atoms with Crippen LogP contribution in [0.5, 0.6) is 0 Å². The highest BCUT2D eigenvalue weighted by atomic mass is 16.2. The van der Waals surface area contributed by atoms with Gasteiger partial charge in [-0.05, 0) is 12.2 Å². The fourth-order valence-electron chi connectivity index (χ4n) is 0. The lowest BCUT2D eigenvalue weighted by Crippen LogP contribution is -2.04. The van der Waals surface area contributed by atoms with E-state index < -0.39 is 11.8 Å². The second-order valence-corrected chi connectivity index (χ2v) is 1.21. The molecule has 0 radical (unpaired) electrons. The van der Waals surface area contributed by atoms with Crippen molar-refractivity contribution in [2.45, 2.75) is 0 Å². The van der Waals surface area contributed by atoms with Gasteiger partial charge in [-0.1, -0.05) is 13.2 Å². The normalized spacial score (nSPS) is 5.83. The van der Waals surface area contributed by atoms with Gasteiger partial charge in [-0.3, -0.25) is 9.59 Å². The number of carbonyl (C=O) groups excluding carboxylic acids is 2. The molecular formula is C7H14N2O3. The SMILES string of the molecule is C=CC(N)=O.C=CC(N)=O.CO. The maximum Gasteiger partial charge on any atom is 0.240 e. The van der Waals surface area contributed by atoms with Crippen LogP contribution in [0.4, 0.5) is 0 Å². The van der Waals surface area contributed by atoms with E-state index in [-0.39, 0.29) is 0 Å². The molecule has 0 aliphatic carbocycles. The van der Waals surface area contributed by atoms with Gasteiger partial charge in [0.2, 0.25) is 11.8 Å². The summed E-state index contributed by atoms with van der Waals surface area (Å²) in [5, 5.41) is 7.00. The topological polar surface area (TPSA) is 106 Å². The number of rotatable bonds is 2. The molecule has 0 saturated carbocycles. The second kappa shape index (κ2) is 16.2. The Balaban J connectivity index is -0.000000112. The Morgan fingerprint density at radius 3 is 1.17 bits per heavy atom. The van der Waals surface area contributed by atoms with Gasteiger partial charge in [0.05, 0.1) is 0 Å². The Morgan fingerprint density at radius 1 is 1.08 bits per heavy atom. The molecule has 5 N–H and O–H groups in total. The van der Waals surface area contributed by atoms with Crippen LogP contribution in [0.25, 0.3) is 0 Å². The molecule has 0 heterocycles. The molecule has 0 saturated heterocycles. The molecule has 5 heteroatoms. The Hall–Kier alpha value is -1.62. The predicted molar refractivity (Wildman–Crippen MR) is 46.9 cm³/mol. The number of aliphatic hydroxyl groups excluding tert-OH is 1. The molecule has 0 aliphatic rings. The number of primary amides is 2. The van der Waals surface area contributed by atoms with E-state index in [0.29, 0.717) is 0 Å². The molecule has 2 amide bonds. The summed E-state index contributed by atoms with van der Waals surface area (Å²) in [6, 6.07) is 0. The number of hydrogen-bond acceptors (Lipinski definition) is 3. The molecule has 0 spiro atoms. The zero-order valence-electron chi connectivity index (χ0n) is 6.99. The van der Waals surface area contributed by atoms with Crippen LogP contribution in [0.2, 0.25) is 0 Å². The first-order valence-electron chi connectivity index (χ1n) is 2.83. The van der Waals surface area contributed by atoms with Crippen molar-refractivity contribution in [2.75, 3.05) is 7.11 Å². The number of carbonyl (C=O) groups is 2. The molecule has 0 atom stereocenters. The molecule has 0 bridgehead atoms. The Morgan fingerprint density at radius 2 is 1.17 bits per heavy atom. The maximum atomic E-state index is 9.47. The molecule has 0 fully saturated rings. The molecule has 0 rings (SSSR count). The van der Waals surface area contributed by atoms with E-state index in [1.165, 1.54) is 0 Å². The summed E-state index contributed by atoms with van der Waals surface area (Å²) in [5.41, 5.74) is 9.07. The third-order valence-electron chi connectivity index (χ3n) is 0.402. The molecule has 70 valence electrons. The molecule has 5 nitrogen and oxygen atoms in total. The minimum absolute atomic E-state index is 0.481. The average Bonchev–Trinajstić information content (AvgIpc) is 2.09. The van der Waals surface area contributed by atoms with Crippen molar-refractivity contribution in [2.24, 2.45) is 11.5 Å². The van der Waals surface area contributed by atoms with Crippen molar-refractivity contribution in [1.29, 1.82) is 0 Å². The van der Waals surface area contributed by atoms with E-state index in [9.17, 15) is 9.59 Å². The van der Waals surface area contributed by atoms with Gasteiger partial charge >= 0.3 is 0 Å². The Kier molecular flexibility index (Phi) is 22.6. The minimum atomic E-state index is -0.481. The van der Waals surface area contributed by atoms with Gasteiger partial charge in [-0.25, -0.2) is 0 Å². The van der Waals surface area contributed by atoms with Crippen LogP contribution < -0.4 is 11.5 Å². The smallest absolute Gasteiger partial charge is 0.240 e. The summed E-state index contributed by atoms with van der Waals surface area (Å²) in [7, 11) is 1.00. The van der Waals surface area contributed by atoms with Crippen molar-refractivity contribution >= 4 is 11.8 Å². The first kappa shape index (κ1) is 16.8. The van der Waals surface area contributed by atoms with Crippen LogP contribution in [0.15, 0.2) is 25.3 Å². The second-order valence-electron chi connectivity index (χ2n) is 1.21. The predicted octanol–water partition coefficient (Wildman–Crippen LogP) is -1.08. The van der Waals surface area contributed by atoms with Crippen LogP contribution in [-0.2, 0) is 9.59 Å². The van der Waals surface area contributed by atoms with Gasteiger partial charge in [-0.2, -0.15) is 0 Å². The highest BCUT2D eigenvalue weighted by Crippen LogP contribution is 1.49. The fourth-order valence-corrected chi connectivity index (χ4v) is 0. The molecule has 0 aromatic carbocycles. The summed E-state index contributed by atoms with van der Waals surface area (Å²) in [4.78, 5) is 18.9. The lowest BCUT2D eigenvalue weighted by Gasteiger charge is -1.65. The first-order chi connectivity index (χ1) is 5.54. The third-order valence-corrected chi connectivity index (χ3v) is 0.402. The zero-order valence-corrected chi connectivity index (χ0v) is 6.99. The van der Waals surface area contributed by atoms with Crippen LogP contribution in [-0.4, -0.2) is 24.0 Å². The maximum absolute atomic E-state index is 9.47. The monoisotopic (exact) mass is 174 g/mol. The van der Waals surface area contributed by atoms with Crippen LogP contribution >= 0.6 is 0 Å². The van der Waals surface area contributed by atoms with Crippen molar-refractivity contribution < 1.29 is 14.7 Å². The quantitative estimate of drug-likeness (QED) is 0.464. The van der Waals surface area contributed by atoms with Gasteiger partial charge in [-0.15, -0.1) is 0 Å². The van der Waals surface area contributed by atoms with E-state index in [4.69, 9.17) is 5.11 Å². The largest absolute Gasteiger partial charge is 0.400 e. The van der Waals surface area contributed by atoms with Gasteiger partial charge in [0.1, 0.15) is 0 Å². The summed E-state index contributed by atoms with van der Waals surface area (Å²) >= 11 is 0. The molecule has 0 aromatic heterocycles. The van der Waals surface area contributed by atoms with E-state index in [1.54, 1.807) is 0 Å². The number of nitrogens with two attached hydrogens (primary N) is 2. The van der Waals surface area contributed by atoms with Gasteiger partial charge in [0, 0.05) is 7.11 Å². The fraction of sp³-hybridized carbons (Fsp3) is 0.143. The molecular weight excluding hydrogens is 160 g/mol. The summed E-state index contributed by atoms with van der Waals surface area (Å²) in [6.45, 7) is 6.17. The highest BCUT2D eigenvalue weighted by molar-refractivity contribution is 5.85. The van der Waals surface area contributed by atoms with Gasteiger partial charge < -0.3 is 16.6 Å². The van der Waals surface area contributed by atoms with Gasteiger partial charge in [0.25, 0.3) is 0 Å². The van der Waals surface area contributed by atoms with E-state index in [1.807, 2.05) is 0 Å². The first-order valence-corrected chi connectivity index (χ1v) is 2.83. The van der Waals surface area contributed by atoms with Crippen molar-refractivity contribution in [1.82, 2.24) is 0 Å². The lowest BCUT2D eigenvalue weighted by atomic mass is 10.6. The molecule has 12 heavy (non-hydrogen) atoms. The van der Waals surface area contributed by atoms with Crippen LogP contribution in [0.3, 0.4) is 0 Å². The number of amides is 2. The Labute approximate surface area is 71.4 Å². The molecule has 0 aliphatic heterocycles. The zero-order chi connectivity index (χ0) is 10.6. The van der Waals surface area contributed by atoms with E-state index in [0.717, 1.165) is 19.3 Å². The highest BCUT2D eigenvalue weighted by Gasteiger charge is 1.69. The molecule has 0 unspecified atom stereocenters. The summed E-state index contributed by atoms with van der Waals surface area (Å²) in [6.07, 6.45) is 2.11. The summed E-state index contributed by atoms with van der Waals surface area (Å²) < 4.78 is 0. The third kappa shape index (κ3) is 80.6. The van der Waals surface area contributed by atoms with Crippen molar-refractivity contribution in [3.05, 3.63) is 25.3 Å². The van der Waals surface area contributed by atoms with E-state index in [2.05, 4.69) is 24.6 Å². The van der Waals surface area contributed by atoms with Crippen LogP contribution in [0.1, 0.15) is 0 Å². The van der Waals surface area contributed by atoms with Crippen LogP contribution in [0, 0.1) is 0 Å². The van der Waals surface area contributed by atoms with Crippen molar-refractivity contribution in [3.63, 3.8) is 0 Å². The number of aliphatic hydroxyl groups is 1. The van der Waals surface area contributed by atoms with E-state index >= 15 is 0 Å². The minimum Gasteiger partial charge on any atom is -0.400 e.